The van der Waals surface area contributed by atoms with E-state index in [9.17, 15) is 22.8 Å². The molecule has 0 atom stereocenters. The van der Waals surface area contributed by atoms with Crippen LogP contribution < -0.4 is 10.6 Å². The molecule has 0 spiro atoms. The highest BCUT2D eigenvalue weighted by atomic mass is 19.4. The quantitative estimate of drug-likeness (QED) is 0.757. The Morgan fingerprint density at radius 2 is 2.16 bits per heavy atom. The molecule has 0 bridgehead atoms. The standard InChI is InChI=1S/C13H14F3N7O2/c14-13(15,16)8-2-5-22(21-8)7-10(24)17-3-1-9-19-20-11-12(25)18-4-6-23(9)11/h2,5H,1,3-4,6-7H2,(H,17,24)(H,18,25). The maximum Gasteiger partial charge on any atom is 0.435 e. The fourth-order valence-corrected chi connectivity index (χ4v) is 2.40. The summed E-state index contributed by atoms with van der Waals surface area (Å²) < 4.78 is 39.9. The fraction of sp³-hybridized carbons (Fsp3) is 0.462. The van der Waals surface area contributed by atoms with Crippen molar-refractivity contribution in [3.8, 4) is 0 Å². The molecule has 9 nitrogen and oxygen atoms in total. The third kappa shape index (κ3) is 3.78. The maximum absolute atomic E-state index is 12.4. The first-order valence-electron chi connectivity index (χ1n) is 7.42. The van der Waals surface area contributed by atoms with Crippen molar-refractivity contribution in [3.05, 3.63) is 29.6 Å². The Morgan fingerprint density at radius 3 is 2.88 bits per heavy atom. The van der Waals surface area contributed by atoms with E-state index >= 15 is 0 Å². The molecular weight excluding hydrogens is 343 g/mol. The van der Waals surface area contributed by atoms with Crippen molar-refractivity contribution in [2.24, 2.45) is 0 Å². The summed E-state index contributed by atoms with van der Waals surface area (Å²) in [6, 6.07) is 0.806. The van der Waals surface area contributed by atoms with Crippen LogP contribution in [0, 0.1) is 0 Å². The minimum atomic E-state index is -4.54. The van der Waals surface area contributed by atoms with E-state index in [1.54, 1.807) is 4.57 Å². The zero-order valence-corrected chi connectivity index (χ0v) is 12.9. The van der Waals surface area contributed by atoms with Crippen molar-refractivity contribution >= 4 is 11.8 Å². The number of alkyl halides is 3. The number of hydrogen-bond donors (Lipinski definition) is 2. The van der Waals surface area contributed by atoms with E-state index in [1.807, 2.05) is 0 Å². The maximum atomic E-state index is 12.4. The van der Waals surface area contributed by atoms with Gasteiger partial charge < -0.3 is 15.2 Å². The van der Waals surface area contributed by atoms with Gasteiger partial charge in [0.25, 0.3) is 5.91 Å². The molecule has 0 aromatic carbocycles. The molecule has 2 aromatic heterocycles. The van der Waals surface area contributed by atoms with Crippen molar-refractivity contribution in [1.29, 1.82) is 0 Å². The molecule has 3 rings (SSSR count). The van der Waals surface area contributed by atoms with E-state index in [2.05, 4.69) is 25.9 Å². The Balaban J connectivity index is 1.50. The number of amides is 2. The minimum absolute atomic E-state index is 0.214. The molecule has 1 aliphatic heterocycles. The Hall–Kier alpha value is -2.92. The van der Waals surface area contributed by atoms with Crippen LogP contribution in [0.2, 0.25) is 0 Å². The number of carbonyl (C=O) groups is 2. The van der Waals surface area contributed by atoms with Crippen molar-refractivity contribution < 1.29 is 22.8 Å². The molecule has 12 heteroatoms. The first kappa shape index (κ1) is 16.9. The summed E-state index contributed by atoms with van der Waals surface area (Å²) >= 11 is 0. The fourth-order valence-electron chi connectivity index (χ4n) is 2.40. The smallest absolute Gasteiger partial charge is 0.354 e. The number of rotatable bonds is 5. The third-order valence-corrected chi connectivity index (χ3v) is 3.56. The van der Waals surface area contributed by atoms with Gasteiger partial charge in [-0.2, -0.15) is 18.3 Å². The monoisotopic (exact) mass is 357 g/mol. The van der Waals surface area contributed by atoms with E-state index < -0.39 is 17.8 Å². The molecule has 0 unspecified atom stereocenters. The second kappa shape index (κ2) is 6.53. The van der Waals surface area contributed by atoms with Crippen molar-refractivity contribution in [2.45, 2.75) is 25.7 Å². The van der Waals surface area contributed by atoms with Gasteiger partial charge in [0.15, 0.2) is 5.69 Å². The molecule has 0 saturated heterocycles. The average Bonchev–Trinajstić information content (AvgIpc) is 3.15. The Morgan fingerprint density at radius 1 is 1.36 bits per heavy atom. The van der Waals surface area contributed by atoms with Crippen molar-refractivity contribution in [2.75, 3.05) is 13.1 Å². The summed E-state index contributed by atoms with van der Waals surface area (Å²) in [6.45, 7) is 0.914. The van der Waals surface area contributed by atoms with E-state index in [4.69, 9.17) is 0 Å². The number of nitrogens with zero attached hydrogens (tertiary/aromatic N) is 5. The number of hydrogen-bond acceptors (Lipinski definition) is 5. The van der Waals surface area contributed by atoms with E-state index in [0.29, 0.717) is 25.3 Å². The minimum Gasteiger partial charge on any atom is -0.354 e. The van der Waals surface area contributed by atoms with Gasteiger partial charge >= 0.3 is 6.18 Å². The molecule has 2 amide bonds. The van der Waals surface area contributed by atoms with Gasteiger partial charge in [-0.3, -0.25) is 14.3 Å². The van der Waals surface area contributed by atoms with Crippen LogP contribution in [0.25, 0.3) is 0 Å². The van der Waals surface area contributed by atoms with Crippen LogP contribution >= 0.6 is 0 Å². The number of carbonyl (C=O) groups excluding carboxylic acids is 2. The number of nitrogens with one attached hydrogen (secondary N) is 2. The summed E-state index contributed by atoms with van der Waals surface area (Å²) in [5, 5.41) is 16.2. The predicted molar refractivity (Wildman–Crippen MR) is 76.3 cm³/mol. The van der Waals surface area contributed by atoms with Crippen LogP contribution in [0.1, 0.15) is 22.1 Å². The van der Waals surface area contributed by atoms with Gasteiger partial charge in [-0.1, -0.05) is 0 Å². The van der Waals surface area contributed by atoms with Crippen LogP contribution in [0.4, 0.5) is 13.2 Å². The normalized spacial score (nSPS) is 14.1. The molecule has 134 valence electrons. The van der Waals surface area contributed by atoms with E-state index in [0.717, 1.165) is 16.9 Å². The molecular formula is C13H14F3N7O2. The molecule has 0 aliphatic carbocycles. The van der Waals surface area contributed by atoms with Gasteiger partial charge in [0.2, 0.25) is 11.7 Å². The van der Waals surface area contributed by atoms with Gasteiger partial charge in [0, 0.05) is 32.3 Å². The Kier molecular flexibility index (Phi) is 4.42. The summed E-state index contributed by atoms with van der Waals surface area (Å²) in [6.07, 6.45) is -3.10. The first-order chi connectivity index (χ1) is 11.8. The van der Waals surface area contributed by atoms with E-state index in [1.165, 1.54) is 0 Å². The first-order valence-corrected chi connectivity index (χ1v) is 7.42. The molecule has 2 aromatic rings. The second-order valence-electron chi connectivity index (χ2n) is 5.34. The molecule has 1 aliphatic rings. The highest BCUT2D eigenvalue weighted by Gasteiger charge is 2.33. The number of halogens is 3. The number of aromatic nitrogens is 5. The van der Waals surface area contributed by atoms with Crippen LogP contribution in [-0.2, 0) is 30.5 Å². The highest BCUT2D eigenvalue weighted by Crippen LogP contribution is 2.27. The molecule has 0 radical (unpaired) electrons. The number of fused-ring (bicyclic) bond motifs is 1. The topological polar surface area (TPSA) is 107 Å². The molecule has 2 N–H and O–H groups in total. The largest absolute Gasteiger partial charge is 0.435 e. The molecule has 0 fully saturated rings. The molecule has 0 saturated carbocycles. The van der Waals surface area contributed by atoms with Crippen LogP contribution in [0.3, 0.4) is 0 Å². The van der Waals surface area contributed by atoms with Gasteiger partial charge in [-0.15, -0.1) is 10.2 Å². The van der Waals surface area contributed by atoms with Crippen LogP contribution in [-0.4, -0.2) is 49.4 Å². The Labute approximate surface area is 139 Å². The van der Waals surface area contributed by atoms with Crippen molar-refractivity contribution in [3.63, 3.8) is 0 Å². The van der Waals surface area contributed by atoms with Crippen LogP contribution in [0.5, 0.6) is 0 Å². The highest BCUT2D eigenvalue weighted by molar-refractivity contribution is 5.91. The van der Waals surface area contributed by atoms with Gasteiger partial charge in [-0.05, 0) is 6.07 Å². The summed E-state index contributed by atoms with van der Waals surface area (Å²) in [7, 11) is 0. The SMILES string of the molecule is O=C(Cn1ccc(C(F)(F)F)n1)NCCc1nnc2n1CCNC2=O. The molecule has 25 heavy (non-hydrogen) atoms. The van der Waals surface area contributed by atoms with Crippen molar-refractivity contribution in [1.82, 2.24) is 35.2 Å². The lowest BCUT2D eigenvalue weighted by Crippen LogP contribution is -2.36. The lowest BCUT2D eigenvalue weighted by Gasteiger charge is -2.15. The third-order valence-electron chi connectivity index (χ3n) is 3.56. The zero-order valence-electron chi connectivity index (χ0n) is 12.9. The lowest BCUT2D eigenvalue weighted by molar-refractivity contribution is -0.141. The summed E-state index contributed by atoms with van der Waals surface area (Å²) in [5.74, 6) is 0.00790. The summed E-state index contributed by atoms with van der Waals surface area (Å²) in [4.78, 5) is 23.3. The van der Waals surface area contributed by atoms with Gasteiger partial charge in [0.05, 0.1) is 0 Å². The van der Waals surface area contributed by atoms with Gasteiger partial charge in [0.1, 0.15) is 12.4 Å². The lowest BCUT2D eigenvalue weighted by atomic mass is 10.3. The predicted octanol–water partition coefficient (Wildman–Crippen LogP) is -0.404. The van der Waals surface area contributed by atoms with E-state index in [-0.39, 0.29) is 24.8 Å². The zero-order chi connectivity index (χ0) is 18.0. The summed E-state index contributed by atoms with van der Waals surface area (Å²) in [5.41, 5.74) is -1.05. The Bertz CT molecular complexity index is 796. The van der Waals surface area contributed by atoms with Gasteiger partial charge in [-0.25, -0.2) is 0 Å². The molecule has 3 heterocycles. The van der Waals surface area contributed by atoms with Crippen LogP contribution in [0.15, 0.2) is 12.3 Å². The average molecular weight is 357 g/mol. The second-order valence-corrected chi connectivity index (χ2v) is 5.34.